The summed E-state index contributed by atoms with van der Waals surface area (Å²) < 4.78 is 1.01. The molecule has 0 amide bonds. The highest BCUT2D eigenvalue weighted by atomic mass is 127. The van der Waals surface area contributed by atoms with Crippen molar-refractivity contribution in [2.24, 2.45) is 0 Å². The maximum Gasteiger partial charge on any atom is 0.144 e. The predicted octanol–water partition coefficient (Wildman–Crippen LogP) is -1.000. The molecule has 1 fully saturated rings. The molecule has 2 nitrogen and oxygen atoms in total. The molecule has 1 aromatic carbocycles. The van der Waals surface area contributed by atoms with Gasteiger partial charge in [0.1, 0.15) is 12.3 Å². The number of quaternary nitrogens is 1. The number of hydrogen-bond acceptors (Lipinski definition) is 1. The van der Waals surface area contributed by atoms with Crippen molar-refractivity contribution in [3.05, 3.63) is 35.9 Å². The summed E-state index contributed by atoms with van der Waals surface area (Å²) in [5.74, 6) is 0.429. The highest BCUT2D eigenvalue weighted by molar-refractivity contribution is 5.78. The first-order valence-electron chi connectivity index (χ1n) is 5.57. The van der Waals surface area contributed by atoms with Gasteiger partial charge in [0.05, 0.1) is 33.0 Å². The van der Waals surface area contributed by atoms with Gasteiger partial charge in [-0.05, 0) is 0 Å². The first-order valence-corrected chi connectivity index (χ1v) is 5.57. The molecule has 0 unspecified atom stereocenters. The van der Waals surface area contributed by atoms with Crippen LogP contribution in [0.15, 0.2) is 30.3 Å². The zero-order valence-corrected chi connectivity index (χ0v) is 11.8. The Kier molecular flexibility index (Phi) is 4.92. The van der Waals surface area contributed by atoms with Crippen molar-refractivity contribution in [1.82, 2.24) is 0 Å². The number of carbonyl (C=O) groups is 1. The van der Waals surface area contributed by atoms with E-state index in [1.165, 1.54) is 5.56 Å². The van der Waals surface area contributed by atoms with Crippen LogP contribution in [-0.4, -0.2) is 30.4 Å². The molecule has 1 saturated heterocycles. The third-order valence-electron chi connectivity index (χ3n) is 3.27. The largest absolute Gasteiger partial charge is 1.00 e. The summed E-state index contributed by atoms with van der Waals surface area (Å²) in [6.07, 6.45) is 1.51. The molecular weight excluding hydrogens is 313 g/mol. The van der Waals surface area contributed by atoms with Crippen molar-refractivity contribution in [3.8, 4) is 0 Å². The van der Waals surface area contributed by atoms with E-state index in [1.54, 1.807) is 0 Å². The van der Waals surface area contributed by atoms with Gasteiger partial charge >= 0.3 is 0 Å². The van der Waals surface area contributed by atoms with Crippen LogP contribution in [0.4, 0.5) is 0 Å². The van der Waals surface area contributed by atoms with E-state index in [4.69, 9.17) is 0 Å². The van der Waals surface area contributed by atoms with Crippen molar-refractivity contribution in [2.45, 2.75) is 19.4 Å². The van der Waals surface area contributed by atoms with Crippen LogP contribution < -0.4 is 24.0 Å². The summed E-state index contributed by atoms with van der Waals surface area (Å²) in [6, 6.07) is 10.5. The van der Waals surface area contributed by atoms with Gasteiger partial charge in [0.2, 0.25) is 0 Å². The zero-order valence-electron chi connectivity index (χ0n) is 9.66. The Hall–Kier alpha value is -0.420. The fourth-order valence-corrected chi connectivity index (χ4v) is 2.21. The van der Waals surface area contributed by atoms with Crippen molar-refractivity contribution < 1.29 is 33.3 Å². The van der Waals surface area contributed by atoms with Gasteiger partial charge in [-0.2, -0.15) is 0 Å². The van der Waals surface area contributed by atoms with Crippen LogP contribution in [0.2, 0.25) is 0 Å². The quantitative estimate of drug-likeness (QED) is 0.502. The first kappa shape index (κ1) is 13.6. The maximum atomic E-state index is 11.2. The third-order valence-corrected chi connectivity index (χ3v) is 3.27. The van der Waals surface area contributed by atoms with Gasteiger partial charge in [-0.15, -0.1) is 0 Å². The fourth-order valence-electron chi connectivity index (χ4n) is 2.21. The molecule has 1 aromatic rings. The minimum Gasteiger partial charge on any atom is -1.00 e. The average molecular weight is 331 g/mol. The predicted molar refractivity (Wildman–Crippen MR) is 60.3 cm³/mol. The minimum atomic E-state index is 0. The smallest absolute Gasteiger partial charge is 0.144 e. The van der Waals surface area contributed by atoms with Crippen LogP contribution in [-0.2, 0) is 11.3 Å². The summed E-state index contributed by atoms with van der Waals surface area (Å²) in [7, 11) is 2.25. The highest BCUT2D eigenvalue weighted by Gasteiger charge is 2.28. The van der Waals surface area contributed by atoms with E-state index in [0.717, 1.165) is 37.0 Å². The summed E-state index contributed by atoms with van der Waals surface area (Å²) in [4.78, 5) is 11.2. The maximum absolute atomic E-state index is 11.2. The summed E-state index contributed by atoms with van der Waals surface area (Å²) in [5.41, 5.74) is 1.37. The Labute approximate surface area is 114 Å². The van der Waals surface area contributed by atoms with Crippen molar-refractivity contribution in [2.75, 3.05) is 20.1 Å². The monoisotopic (exact) mass is 331 g/mol. The van der Waals surface area contributed by atoms with Crippen LogP contribution in [0, 0.1) is 0 Å². The number of nitrogens with zero attached hydrogens (tertiary/aromatic N) is 1. The second-order valence-corrected chi connectivity index (χ2v) is 4.75. The van der Waals surface area contributed by atoms with Crippen LogP contribution in [0.3, 0.4) is 0 Å². The molecule has 1 heterocycles. The van der Waals surface area contributed by atoms with E-state index in [9.17, 15) is 4.79 Å². The molecule has 2 rings (SSSR count). The second-order valence-electron chi connectivity index (χ2n) is 4.75. The average Bonchev–Trinajstić information content (AvgIpc) is 2.24. The van der Waals surface area contributed by atoms with Gasteiger partial charge in [-0.1, -0.05) is 30.3 Å². The molecule has 0 aliphatic carbocycles. The number of Topliss-reactive ketones (excluding diaryl/α,β-unsaturated/α-hetero) is 1. The number of halogens is 1. The second kappa shape index (κ2) is 5.77. The summed E-state index contributed by atoms with van der Waals surface area (Å²) in [5, 5.41) is 0. The van der Waals surface area contributed by atoms with Gasteiger partial charge in [-0.3, -0.25) is 4.79 Å². The van der Waals surface area contributed by atoms with Crippen LogP contribution >= 0.6 is 0 Å². The van der Waals surface area contributed by atoms with E-state index in [2.05, 4.69) is 31.3 Å². The molecule has 16 heavy (non-hydrogen) atoms. The van der Waals surface area contributed by atoms with E-state index in [-0.39, 0.29) is 24.0 Å². The normalized spacial score (nSPS) is 18.9. The Morgan fingerprint density at radius 2 is 1.69 bits per heavy atom. The number of likely N-dealkylation sites (tertiary alicyclic amines) is 1. The van der Waals surface area contributed by atoms with Gasteiger partial charge in [0.15, 0.2) is 0 Å². The molecule has 88 valence electrons. The minimum absolute atomic E-state index is 0. The molecule has 0 atom stereocenters. The lowest BCUT2D eigenvalue weighted by atomic mass is 10.1. The van der Waals surface area contributed by atoms with Crippen molar-refractivity contribution in [3.63, 3.8) is 0 Å². The van der Waals surface area contributed by atoms with E-state index in [1.807, 2.05) is 6.07 Å². The lowest BCUT2D eigenvalue weighted by Crippen LogP contribution is -3.00. The summed E-state index contributed by atoms with van der Waals surface area (Å²) in [6.45, 7) is 3.04. The van der Waals surface area contributed by atoms with Crippen molar-refractivity contribution in [1.29, 1.82) is 0 Å². The van der Waals surface area contributed by atoms with Crippen molar-refractivity contribution >= 4 is 5.78 Å². The van der Waals surface area contributed by atoms with Crippen LogP contribution in [0.5, 0.6) is 0 Å². The Morgan fingerprint density at radius 1 is 1.12 bits per heavy atom. The number of carbonyl (C=O) groups excluding carboxylic acids is 1. The van der Waals surface area contributed by atoms with Crippen LogP contribution in [0.1, 0.15) is 18.4 Å². The Bertz CT molecular complexity index is 340. The standard InChI is InChI=1S/C13H18NO.HI/c1-14(9-7-13(15)8-10-14)11-12-5-3-2-4-6-12;/h2-6H,7-11H2,1H3;1H/q+1;/p-1. The molecule has 0 bridgehead atoms. The van der Waals surface area contributed by atoms with Gasteiger partial charge in [0.25, 0.3) is 0 Å². The molecule has 0 aromatic heterocycles. The first-order chi connectivity index (χ1) is 7.18. The fraction of sp³-hybridized carbons (Fsp3) is 0.462. The van der Waals surface area contributed by atoms with Gasteiger partial charge in [0, 0.05) is 5.56 Å². The molecule has 0 saturated carbocycles. The highest BCUT2D eigenvalue weighted by Crippen LogP contribution is 2.18. The molecule has 0 spiro atoms. The molecule has 1 aliphatic heterocycles. The molecule has 1 aliphatic rings. The van der Waals surface area contributed by atoms with E-state index in [0.29, 0.717) is 5.78 Å². The molecule has 0 N–H and O–H groups in total. The number of hydrogen-bond donors (Lipinski definition) is 0. The summed E-state index contributed by atoms with van der Waals surface area (Å²) >= 11 is 0. The zero-order chi connectivity index (χ0) is 10.7. The Morgan fingerprint density at radius 3 is 2.25 bits per heavy atom. The van der Waals surface area contributed by atoms with E-state index >= 15 is 0 Å². The molecule has 3 heteroatoms. The molecule has 0 radical (unpaired) electrons. The third kappa shape index (κ3) is 3.56. The van der Waals surface area contributed by atoms with Gasteiger partial charge in [-0.25, -0.2) is 0 Å². The van der Waals surface area contributed by atoms with Gasteiger partial charge < -0.3 is 28.5 Å². The SMILES string of the molecule is C[N+]1(Cc2ccccc2)CCC(=O)CC1.[I-]. The number of piperidine rings is 1. The molecular formula is C13H18INO. The lowest BCUT2D eigenvalue weighted by molar-refractivity contribution is -0.923. The lowest BCUT2D eigenvalue weighted by Gasteiger charge is -2.37. The van der Waals surface area contributed by atoms with E-state index < -0.39 is 0 Å². The number of benzene rings is 1. The number of rotatable bonds is 2. The number of ketones is 1. The topological polar surface area (TPSA) is 17.1 Å². The Balaban J connectivity index is 0.00000128. The van der Waals surface area contributed by atoms with Crippen LogP contribution in [0.25, 0.3) is 0 Å².